The molecule has 0 rings (SSSR count). The summed E-state index contributed by atoms with van der Waals surface area (Å²) in [5, 5.41) is 8.64. The number of esters is 1. The first kappa shape index (κ1) is 12.1. The highest BCUT2D eigenvalue weighted by Crippen LogP contribution is 2.14. The summed E-state index contributed by atoms with van der Waals surface area (Å²) < 4.78 is 5.02. The summed E-state index contributed by atoms with van der Waals surface area (Å²) in [5.74, 6) is -0.398. The van der Waals surface area contributed by atoms with E-state index < -0.39 is 11.6 Å². The summed E-state index contributed by atoms with van der Waals surface area (Å²) >= 11 is 0. The SMILES string of the molecule is CC(C)(CCO)OC(=O)CCC=O. The largest absolute Gasteiger partial charge is 0.460 e. The van der Waals surface area contributed by atoms with Crippen LogP contribution in [-0.2, 0) is 14.3 Å². The third kappa shape index (κ3) is 6.28. The number of hydrogen-bond acceptors (Lipinski definition) is 4. The van der Waals surface area contributed by atoms with Crippen molar-refractivity contribution in [3.05, 3.63) is 0 Å². The predicted octanol–water partition coefficient (Wildman–Crippen LogP) is 0.670. The molecule has 0 amide bonds. The molecule has 4 nitrogen and oxygen atoms in total. The lowest BCUT2D eigenvalue weighted by molar-refractivity contribution is -0.158. The van der Waals surface area contributed by atoms with Crippen molar-refractivity contribution >= 4 is 12.3 Å². The van der Waals surface area contributed by atoms with Gasteiger partial charge in [-0.05, 0) is 13.8 Å². The van der Waals surface area contributed by atoms with Crippen molar-refractivity contribution in [2.45, 2.75) is 38.7 Å². The van der Waals surface area contributed by atoms with Gasteiger partial charge in [0, 0.05) is 19.4 Å². The Bertz CT molecular complexity index is 174. The molecular formula is C9H16O4. The Morgan fingerprint density at radius 2 is 2.15 bits per heavy atom. The fraction of sp³-hybridized carbons (Fsp3) is 0.778. The minimum Gasteiger partial charge on any atom is -0.460 e. The molecule has 0 bridgehead atoms. The molecule has 0 aliphatic carbocycles. The van der Waals surface area contributed by atoms with E-state index in [2.05, 4.69) is 0 Å². The highest BCUT2D eigenvalue weighted by molar-refractivity contribution is 5.72. The van der Waals surface area contributed by atoms with Gasteiger partial charge in [-0.25, -0.2) is 0 Å². The predicted molar refractivity (Wildman–Crippen MR) is 47.2 cm³/mol. The maximum Gasteiger partial charge on any atom is 0.306 e. The van der Waals surface area contributed by atoms with Crippen LogP contribution in [0.1, 0.15) is 33.1 Å². The number of aliphatic hydroxyl groups is 1. The zero-order valence-electron chi connectivity index (χ0n) is 8.08. The minimum atomic E-state index is -0.644. The van der Waals surface area contributed by atoms with Crippen molar-refractivity contribution in [1.82, 2.24) is 0 Å². The Hall–Kier alpha value is -0.900. The van der Waals surface area contributed by atoms with Crippen molar-refractivity contribution < 1.29 is 19.4 Å². The zero-order valence-corrected chi connectivity index (χ0v) is 8.08. The van der Waals surface area contributed by atoms with E-state index in [9.17, 15) is 9.59 Å². The Labute approximate surface area is 77.9 Å². The fourth-order valence-electron chi connectivity index (χ4n) is 0.856. The molecule has 0 aromatic rings. The molecule has 0 aromatic carbocycles. The molecule has 0 aliphatic rings. The molecule has 0 saturated heterocycles. The van der Waals surface area contributed by atoms with Crippen LogP contribution in [-0.4, -0.2) is 29.6 Å². The Morgan fingerprint density at radius 3 is 2.62 bits per heavy atom. The standard InChI is InChI=1S/C9H16O4/c1-9(2,5-7-11)13-8(12)4-3-6-10/h6,11H,3-5,7H2,1-2H3. The molecule has 0 heterocycles. The molecule has 1 N–H and O–H groups in total. The number of rotatable bonds is 6. The molecule has 76 valence electrons. The van der Waals surface area contributed by atoms with Gasteiger partial charge < -0.3 is 14.6 Å². The highest BCUT2D eigenvalue weighted by Gasteiger charge is 2.21. The van der Waals surface area contributed by atoms with E-state index in [1.165, 1.54) is 0 Å². The van der Waals surface area contributed by atoms with Crippen molar-refractivity contribution in [3.8, 4) is 0 Å². The van der Waals surface area contributed by atoms with Crippen LogP contribution in [0.4, 0.5) is 0 Å². The van der Waals surface area contributed by atoms with Gasteiger partial charge in [-0.1, -0.05) is 0 Å². The smallest absolute Gasteiger partial charge is 0.306 e. The number of aldehydes is 1. The van der Waals surface area contributed by atoms with E-state index >= 15 is 0 Å². The average Bonchev–Trinajstić information content (AvgIpc) is 1.99. The summed E-state index contributed by atoms with van der Waals surface area (Å²) in [7, 11) is 0. The lowest BCUT2D eigenvalue weighted by atomic mass is 10.1. The number of ether oxygens (including phenoxy) is 1. The van der Waals surface area contributed by atoms with Gasteiger partial charge in [0.15, 0.2) is 0 Å². The molecule has 13 heavy (non-hydrogen) atoms. The number of carbonyl (C=O) groups excluding carboxylic acids is 2. The zero-order chi connectivity index (χ0) is 10.3. The molecule has 0 aliphatic heterocycles. The van der Waals surface area contributed by atoms with Crippen molar-refractivity contribution in [2.24, 2.45) is 0 Å². The first-order valence-corrected chi connectivity index (χ1v) is 4.28. The van der Waals surface area contributed by atoms with E-state index in [0.29, 0.717) is 12.7 Å². The second-order valence-corrected chi connectivity index (χ2v) is 3.41. The monoisotopic (exact) mass is 188 g/mol. The van der Waals surface area contributed by atoms with Crippen LogP contribution in [0, 0.1) is 0 Å². The lowest BCUT2D eigenvalue weighted by Crippen LogP contribution is -2.29. The van der Waals surface area contributed by atoms with Crippen molar-refractivity contribution in [2.75, 3.05) is 6.61 Å². The molecular weight excluding hydrogens is 172 g/mol. The van der Waals surface area contributed by atoms with Crippen LogP contribution in [0.15, 0.2) is 0 Å². The molecule has 0 spiro atoms. The summed E-state index contributed by atoms with van der Waals surface area (Å²) in [5.41, 5.74) is -0.644. The minimum absolute atomic E-state index is 0.0199. The Kier molecular flexibility index (Phi) is 5.30. The average molecular weight is 188 g/mol. The van der Waals surface area contributed by atoms with Gasteiger partial charge >= 0.3 is 5.97 Å². The molecule has 0 aromatic heterocycles. The molecule has 0 unspecified atom stereocenters. The summed E-state index contributed by atoms with van der Waals surface area (Å²) in [6.45, 7) is 3.43. The molecule has 0 fully saturated rings. The normalized spacial score (nSPS) is 11.0. The van der Waals surface area contributed by atoms with Crippen LogP contribution in [0.25, 0.3) is 0 Å². The van der Waals surface area contributed by atoms with Gasteiger partial charge in [0.25, 0.3) is 0 Å². The molecule has 0 atom stereocenters. The summed E-state index contributed by atoms with van der Waals surface area (Å²) in [6.07, 6.45) is 1.38. The molecule has 4 heteroatoms. The third-order valence-electron chi connectivity index (χ3n) is 1.57. The molecule has 0 radical (unpaired) electrons. The van der Waals surface area contributed by atoms with Crippen molar-refractivity contribution in [3.63, 3.8) is 0 Å². The van der Waals surface area contributed by atoms with Crippen LogP contribution in [0.5, 0.6) is 0 Å². The van der Waals surface area contributed by atoms with Crippen LogP contribution >= 0.6 is 0 Å². The summed E-state index contributed by atoms with van der Waals surface area (Å²) in [6, 6.07) is 0. The van der Waals surface area contributed by atoms with E-state index in [-0.39, 0.29) is 19.4 Å². The summed E-state index contributed by atoms with van der Waals surface area (Å²) in [4.78, 5) is 21.0. The highest BCUT2D eigenvalue weighted by atomic mass is 16.6. The van der Waals surface area contributed by atoms with Crippen LogP contribution in [0.3, 0.4) is 0 Å². The number of aliphatic hydroxyl groups excluding tert-OH is 1. The quantitative estimate of drug-likeness (QED) is 0.491. The maximum absolute atomic E-state index is 11.0. The Balaban J connectivity index is 3.81. The number of hydrogen-bond donors (Lipinski definition) is 1. The number of carbonyl (C=O) groups is 2. The van der Waals surface area contributed by atoms with Gasteiger partial charge in [0.2, 0.25) is 0 Å². The van der Waals surface area contributed by atoms with Crippen LogP contribution < -0.4 is 0 Å². The fourth-order valence-corrected chi connectivity index (χ4v) is 0.856. The maximum atomic E-state index is 11.0. The topological polar surface area (TPSA) is 63.6 Å². The van der Waals surface area contributed by atoms with Gasteiger partial charge in [-0.2, -0.15) is 0 Å². The first-order valence-electron chi connectivity index (χ1n) is 4.28. The van der Waals surface area contributed by atoms with Gasteiger partial charge in [0.05, 0.1) is 6.42 Å². The van der Waals surface area contributed by atoms with E-state index in [0.717, 1.165) is 0 Å². The van der Waals surface area contributed by atoms with Gasteiger partial charge in [-0.15, -0.1) is 0 Å². The van der Waals surface area contributed by atoms with E-state index in [4.69, 9.17) is 9.84 Å². The lowest BCUT2D eigenvalue weighted by Gasteiger charge is -2.23. The third-order valence-corrected chi connectivity index (χ3v) is 1.57. The van der Waals surface area contributed by atoms with E-state index in [1.807, 2.05) is 0 Å². The van der Waals surface area contributed by atoms with Gasteiger partial charge in [0.1, 0.15) is 11.9 Å². The van der Waals surface area contributed by atoms with E-state index in [1.54, 1.807) is 13.8 Å². The van der Waals surface area contributed by atoms with Crippen molar-refractivity contribution in [1.29, 1.82) is 0 Å². The molecule has 0 saturated carbocycles. The van der Waals surface area contributed by atoms with Gasteiger partial charge in [-0.3, -0.25) is 4.79 Å². The Morgan fingerprint density at radius 1 is 1.54 bits per heavy atom. The first-order chi connectivity index (χ1) is 6.02. The second-order valence-electron chi connectivity index (χ2n) is 3.41. The second kappa shape index (κ2) is 5.70. The van der Waals surface area contributed by atoms with Crippen LogP contribution in [0.2, 0.25) is 0 Å².